The van der Waals surface area contributed by atoms with Crippen LogP contribution in [0.5, 0.6) is 11.5 Å². The molecular formula is C30H36ClN3O3. The van der Waals surface area contributed by atoms with Crippen LogP contribution < -0.4 is 10.1 Å². The Labute approximate surface area is 224 Å². The van der Waals surface area contributed by atoms with Gasteiger partial charge in [-0.15, -0.1) is 0 Å². The van der Waals surface area contributed by atoms with Crippen molar-refractivity contribution in [2.24, 2.45) is 0 Å². The zero-order valence-electron chi connectivity index (χ0n) is 21.9. The van der Waals surface area contributed by atoms with E-state index in [2.05, 4.69) is 10.2 Å². The van der Waals surface area contributed by atoms with E-state index in [1.165, 1.54) is 6.42 Å². The molecule has 1 fully saturated rings. The molecule has 2 aromatic carbocycles. The van der Waals surface area contributed by atoms with Crippen molar-refractivity contribution in [1.29, 1.82) is 0 Å². The number of rotatable bonds is 9. The van der Waals surface area contributed by atoms with Crippen LogP contribution in [0.4, 0.5) is 0 Å². The first-order valence-electron chi connectivity index (χ1n) is 13.0. The van der Waals surface area contributed by atoms with E-state index in [-0.39, 0.29) is 17.7 Å². The molecule has 0 radical (unpaired) electrons. The van der Waals surface area contributed by atoms with Crippen molar-refractivity contribution in [3.63, 3.8) is 0 Å². The molecule has 6 nitrogen and oxygen atoms in total. The highest BCUT2D eigenvalue weighted by Crippen LogP contribution is 2.38. The number of phenolic OH excluding ortho intramolecular Hbond substituents is 1. The quantitative estimate of drug-likeness (QED) is 0.315. The standard InChI is InChI=1S/C30H36ClN3O3/c1-20-23(11-7-12-27(20)35)24-14-16-26(30(36)32-22-9-5-4-6-10-22)33-29(24)21-13-15-25(31)28(19-21)37-18-8-17-34(2)3/h7,11-16,19,22,35H,4-6,8-10,17-18H2,1-3H3,(H,32,36). The summed E-state index contributed by atoms with van der Waals surface area (Å²) in [7, 11) is 4.06. The third kappa shape index (κ3) is 6.82. The van der Waals surface area contributed by atoms with Gasteiger partial charge in [0.05, 0.1) is 17.3 Å². The van der Waals surface area contributed by atoms with E-state index in [1.807, 2.05) is 51.4 Å². The zero-order chi connectivity index (χ0) is 26.4. The Balaban J connectivity index is 1.71. The maximum absolute atomic E-state index is 13.2. The van der Waals surface area contributed by atoms with Gasteiger partial charge in [0.15, 0.2) is 0 Å². The predicted octanol–water partition coefficient (Wildman–Crippen LogP) is 6.48. The molecule has 0 spiro atoms. The van der Waals surface area contributed by atoms with Gasteiger partial charge in [0.2, 0.25) is 0 Å². The summed E-state index contributed by atoms with van der Waals surface area (Å²) in [5, 5.41) is 14.1. The molecule has 7 heteroatoms. The Hall–Kier alpha value is -3.09. The van der Waals surface area contributed by atoms with Crippen LogP contribution in [-0.4, -0.2) is 54.2 Å². The smallest absolute Gasteiger partial charge is 0.270 e. The van der Waals surface area contributed by atoms with Gasteiger partial charge >= 0.3 is 0 Å². The second-order valence-electron chi connectivity index (χ2n) is 10.0. The van der Waals surface area contributed by atoms with Gasteiger partial charge in [-0.3, -0.25) is 4.79 Å². The third-order valence-corrected chi connectivity index (χ3v) is 7.19. The lowest BCUT2D eigenvalue weighted by atomic mass is 9.94. The molecule has 4 rings (SSSR count). The van der Waals surface area contributed by atoms with E-state index in [4.69, 9.17) is 21.3 Å². The van der Waals surface area contributed by atoms with Crippen LogP contribution in [0.2, 0.25) is 5.02 Å². The maximum Gasteiger partial charge on any atom is 0.270 e. The van der Waals surface area contributed by atoms with Crippen LogP contribution >= 0.6 is 11.6 Å². The van der Waals surface area contributed by atoms with Crippen LogP contribution in [-0.2, 0) is 0 Å². The Morgan fingerprint density at radius 1 is 1.11 bits per heavy atom. The van der Waals surface area contributed by atoms with Gasteiger partial charge in [-0.05, 0) is 81.7 Å². The lowest BCUT2D eigenvalue weighted by molar-refractivity contribution is 0.0923. The van der Waals surface area contributed by atoms with Gasteiger partial charge in [0, 0.05) is 23.7 Å². The zero-order valence-corrected chi connectivity index (χ0v) is 22.6. The Morgan fingerprint density at radius 3 is 2.65 bits per heavy atom. The highest BCUT2D eigenvalue weighted by molar-refractivity contribution is 6.32. The minimum absolute atomic E-state index is 0.165. The number of nitrogens with zero attached hydrogens (tertiary/aromatic N) is 2. The molecule has 1 aliphatic rings. The molecule has 1 aliphatic carbocycles. The summed E-state index contributed by atoms with van der Waals surface area (Å²) in [6.07, 6.45) is 6.39. The van der Waals surface area contributed by atoms with Crippen molar-refractivity contribution in [2.75, 3.05) is 27.2 Å². The van der Waals surface area contributed by atoms with Crippen molar-refractivity contribution < 1.29 is 14.6 Å². The molecule has 1 heterocycles. The molecule has 2 N–H and O–H groups in total. The normalized spacial score (nSPS) is 14.1. The van der Waals surface area contributed by atoms with Gasteiger partial charge < -0.3 is 20.1 Å². The Bertz CT molecular complexity index is 1240. The average Bonchev–Trinajstić information content (AvgIpc) is 2.89. The summed E-state index contributed by atoms with van der Waals surface area (Å²) >= 11 is 6.47. The molecule has 3 aromatic rings. The molecular weight excluding hydrogens is 486 g/mol. The van der Waals surface area contributed by atoms with Crippen molar-refractivity contribution in [3.8, 4) is 33.9 Å². The number of hydrogen-bond acceptors (Lipinski definition) is 5. The molecule has 0 saturated heterocycles. The minimum Gasteiger partial charge on any atom is -0.508 e. The van der Waals surface area contributed by atoms with Gasteiger partial charge in [-0.25, -0.2) is 4.98 Å². The number of ether oxygens (including phenoxy) is 1. The number of aromatic hydroxyl groups is 1. The van der Waals surface area contributed by atoms with E-state index >= 15 is 0 Å². The first-order chi connectivity index (χ1) is 17.8. The lowest BCUT2D eigenvalue weighted by Gasteiger charge is -2.23. The number of hydrogen-bond donors (Lipinski definition) is 2. The van der Waals surface area contributed by atoms with Crippen molar-refractivity contribution in [2.45, 2.75) is 51.5 Å². The van der Waals surface area contributed by atoms with E-state index in [1.54, 1.807) is 18.2 Å². The number of phenols is 1. The van der Waals surface area contributed by atoms with Crippen LogP contribution in [0.25, 0.3) is 22.4 Å². The van der Waals surface area contributed by atoms with Gasteiger partial charge in [-0.2, -0.15) is 0 Å². The molecule has 1 saturated carbocycles. The monoisotopic (exact) mass is 521 g/mol. The fourth-order valence-electron chi connectivity index (χ4n) is 4.77. The largest absolute Gasteiger partial charge is 0.508 e. The first kappa shape index (κ1) is 27.0. The van der Waals surface area contributed by atoms with Crippen molar-refractivity contribution in [1.82, 2.24) is 15.2 Å². The fourth-order valence-corrected chi connectivity index (χ4v) is 4.94. The lowest BCUT2D eigenvalue weighted by Crippen LogP contribution is -2.36. The van der Waals surface area contributed by atoms with Gasteiger partial charge in [-0.1, -0.05) is 49.1 Å². The summed E-state index contributed by atoms with van der Waals surface area (Å²) < 4.78 is 6.01. The number of benzene rings is 2. The first-order valence-corrected chi connectivity index (χ1v) is 13.4. The van der Waals surface area contributed by atoms with Crippen LogP contribution in [0.3, 0.4) is 0 Å². The van der Waals surface area contributed by atoms with E-state index in [9.17, 15) is 9.90 Å². The number of pyridine rings is 1. The summed E-state index contributed by atoms with van der Waals surface area (Å²) in [6.45, 7) is 3.33. The molecule has 0 unspecified atom stereocenters. The Kier molecular flexibility index (Phi) is 9.06. The third-order valence-electron chi connectivity index (χ3n) is 6.88. The van der Waals surface area contributed by atoms with Crippen LogP contribution in [0.1, 0.15) is 54.6 Å². The summed E-state index contributed by atoms with van der Waals surface area (Å²) in [5.74, 6) is 0.625. The molecule has 37 heavy (non-hydrogen) atoms. The van der Waals surface area contributed by atoms with Gasteiger partial charge in [0.25, 0.3) is 5.91 Å². The Morgan fingerprint density at radius 2 is 1.89 bits per heavy atom. The van der Waals surface area contributed by atoms with Crippen LogP contribution in [0, 0.1) is 6.92 Å². The predicted molar refractivity (Wildman–Crippen MR) is 150 cm³/mol. The minimum atomic E-state index is -0.165. The molecule has 0 aliphatic heterocycles. The number of carbonyl (C=O) groups is 1. The second-order valence-corrected chi connectivity index (χ2v) is 10.4. The highest BCUT2D eigenvalue weighted by atomic mass is 35.5. The summed E-state index contributed by atoms with van der Waals surface area (Å²) in [6, 6.07) is 14.9. The maximum atomic E-state index is 13.2. The average molecular weight is 522 g/mol. The molecule has 196 valence electrons. The SMILES string of the molecule is Cc1c(O)cccc1-c1ccc(C(=O)NC2CCCCC2)nc1-c1ccc(Cl)c(OCCCN(C)C)c1. The molecule has 1 amide bonds. The van der Waals surface area contributed by atoms with E-state index in [0.717, 1.165) is 60.9 Å². The second kappa shape index (κ2) is 12.4. The summed E-state index contributed by atoms with van der Waals surface area (Å²) in [4.78, 5) is 20.1. The number of nitrogens with one attached hydrogen (secondary N) is 1. The molecule has 0 atom stereocenters. The fraction of sp³-hybridized carbons (Fsp3) is 0.400. The van der Waals surface area contributed by atoms with Crippen molar-refractivity contribution >= 4 is 17.5 Å². The topological polar surface area (TPSA) is 74.7 Å². The number of amides is 1. The highest BCUT2D eigenvalue weighted by Gasteiger charge is 2.21. The number of carbonyl (C=O) groups excluding carboxylic acids is 1. The number of aromatic nitrogens is 1. The number of halogens is 1. The molecule has 0 bridgehead atoms. The molecule has 1 aromatic heterocycles. The van der Waals surface area contributed by atoms with Crippen LogP contribution in [0.15, 0.2) is 48.5 Å². The van der Waals surface area contributed by atoms with Crippen molar-refractivity contribution in [3.05, 3.63) is 64.8 Å². The van der Waals surface area contributed by atoms with E-state index < -0.39 is 0 Å². The van der Waals surface area contributed by atoms with Gasteiger partial charge in [0.1, 0.15) is 17.2 Å². The van der Waals surface area contributed by atoms with E-state index in [0.29, 0.717) is 28.8 Å². The summed E-state index contributed by atoms with van der Waals surface area (Å²) in [5.41, 5.74) is 4.22.